The van der Waals surface area contributed by atoms with Gasteiger partial charge >= 0.3 is 6.18 Å². The number of amides is 4. The Kier molecular flexibility index (Phi) is 13.6. The Morgan fingerprint density at radius 3 is 2.39 bits per heavy atom. The molecule has 8 rings (SSSR count). The Morgan fingerprint density at radius 2 is 1.70 bits per heavy atom. The summed E-state index contributed by atoms with van der Waals surface area (Å²) in [5, 5.41) is 19.8. The molecule has 4 fully saturated rings. The minimum Gasteiger partial charge on any atom is -0.389 e. The molecule has 1 aromatic carbocycles. The van der Waals surface area contributed by atoms with Gasteiger partial charge < -0.3 is 25.0 Å². The van der Waals surface area contributed by atoms with E-state index >= 15 is 0 Å². The van der Waals surface area contributed by atoms with Crippen LogP contribution in [0.2, 0.25) is 0 Å². The van der Waals surface area contributed by atoms with Crippen molar-refractivity contribution in [2.45, 2.75) is 108 Å². The summed E-state index contributed by atoms with van der Waals surface area (Å²) in [6, 6.07) is 4.66. The molecule has 0 aliphatic carbocycles. The van der Waals surface area contributed by atoms with E-state index in [0.29, 0.717) is 30.6 Å². The van der Waals surface area contributed by atoms with Crippen molar-refractivity contribution in [1.82, 2.24) is 43.5 Å². The number of nitrogens with one attached hydrogen (secondary N) is 2. The average Bonchev–Trinajstić information content (AvgIpc) is 3.86. The van der Waals surface area contributed by atoms with E-state index in [1.165, 1.54) is 22.0 Å². The molecule has 20 heteroatoms. The number of halogens is 3. The van der Waals surface area contributed by atoms with Gasteiger partial charge in [0.25, 0.3) is 5.91 Å². The normalized spacial score (nSPS) is 21.2. The minimum absolute atomic E-state index is 0.0103. The number of piperidine rings is 4. The van der Waals surface area contributed by atoms with E-state index in [-0.39, 0.29) is 79.1 Å². The zero-order chi connectivity index (χ0) is 45.2. The highest BCUT2D eigenvalue weighted by atomic mass is 32.2. The summed E-state index contributed by atoms with van der Waals surface area (Å²) < 4.78 is 53.9. The molecule has 1 unspecified atom stereocenters. The minimum atomic E-state index is -4.66. The monoisotopic (exact) mass is 906 g/mol. The number of ether oxygens (including phenoxy) is 1. The first kappa shape index (κ1) is 45.5. The third kappa shape index (κ3) is 10.9. The van der Waals surface area contributed by atoms with E-state index in [0.717, 1.165) is 76.5 Å². The smallest absolute Gasteiger partial charge is 0.389 e. The summed E-state index contributed by atoms with van der Waals surface area (Å²) in [5.41, 5.74) is -0.131. The lowest BCUT2D eigenvalue weighted by atomic mass is 9.95. The van der Waals surface area contributed by atoms with Gasteiger partial charge in [-0.2, -0.15) is 18.3 Å². The van der Waals surface area contributed by atoms with Crippen molar-refractivity contribution >= 4 is 41.7 Å². The maximum absolute atomic E-state index is 13.9. The second-order valence-electron chi connectivity index (χ2n) is 17.7. The number of benzene rings is 1. The summed E-state index contributed by atoms with van der Waals surface area (Å²) in [5.74, 6) is 5.52. The second-order valence-corrected chi connectivity index (χ2v) is 18.9. The van der Waals surface area contributed by atoms with Crippen molar-refractivity contribution in [2.24, 2.45) is 5.92 Å². The Balaban J connectivity index is 0.737. The molecule has 0 spiro atoms. The van der Waals surface area contributed by atoms with Gasteiger partial charge in [-0.1, -0.05) is 17.9 Å². The number of nitrogens with zero attached hydrogens (tertiary/aromatic N) is 8. The van der Waals surface area contributed by atoms with Gasteiger partial charge in [0.15, 0.2) is 0 Å². The number of carbonyl (C=O) groups is 4. The number of imide groups is 1. The highest BCUT2D eigenvalue weighted by Crippen LogP contribution is 2.37. The van der Waals surface area contributed by atoms with E-state index in [1.807, 2.05) is 11.0 Å². The lowest BCUT2D eigenvalue weighted by Crippen LogP contribution is -2.52. The van der Waals surface area contributed by atoms with Gasteiger partial charge in [-0.25, -0.2) is 18.6 Å². The molecule has 3 N–H and O–H groups in total. The Hall–Kier alpha value is -5.07. The molecule has 0 bridgehead atoms. The molecule has 7 heterocycles. The SMILES string of the molecule is CC(C)(O)Cn1cc(-c2nc(NC3CCN(SN4CCC(C(=O)N5CCC(OCC#Cc6cccc7c6CN(C6CCC(=O)NC6=O)C7=O)CC5)CC4)CC3)ncc2C(F)(F)F)cn1. The van der Waals surface area contributed by atoms with E-state index in [9.17, 15) is 37.5 Å². The number of rotatable bonds is 11. The zero-order valence-corrected chi connectivity index (χ0v) is 36.7. The standard InChI is InChI=1S/C44H53F3N10O6S/c1-43(2,62)27-54-25-30(23-49-54)38-35(44(45,46)47)24-48-42(52-38)50-31-12-20-56(21-13-31)64-55-18-10-29(11-19-55)40(60)53-16-14-32(15-17-53)63-22-4-6-28-5-3-7-33-34(28)26-57(41(33)61)36-8-9-37(58)51-39(36)59/h3,5,7,23-25,29,31-32,36,62H,8-22,26-27H2,1-2H3,(H,48,50,52)(H,51,58,59). The molecule has 0 radical (unpaired) electrons. The van der Waals surface area contributed by atoms with Crippen molar-refractivity contribution in [3.8, 4) is 23.1 Å². The molecule has 16 nitrogen and oxygen atoms in total. The average molecular weight is 907 g/mol. The fourth-order valence-electron chi connectivity index (χ4n) is 8.95. The summed E-state index contributed by atoms with van der Waals surface area (Å²) >= 11 is 1.69. The van der Waals surface area contributed by atoms with Crippen LogP contribution in [0.1, 0.15) is 92.3 Å². The molecule has 3 aromatic rings. The van der Waals surface area contributed by atoms with E-state index in [4.69, 9.17) is 4.74 Å². The first-order chi connectivity index (χ1) is 30.6. The fraction of sp³-hybridized carbons (Fsp3) is 0.568. The number of aromatic nitrogens is 4. The molecular formula is C44H53F3N10O6S. The third-order valence-corrected chi connectivity index (χ3v) is 13.5. The highest BCUT2D eigenvalue weighted by molar-refractivity contribution is 7.94. The molecule has 4 saturated heterocycles. The molecule has 2 aromatic heterocycles. The van der Waals surface area contributed by atoms with Crippen LogP contribution in [0.4, 0.5) is 19.1 Å². The predicted molar refractivity (Wildman–Crippen MR) is 230 cm³/mol. The number of hydrogen-bond acceptors (Lipinski definition) is 13. The summed E-state index contributed by atoms with van der Waals surface area (Å²) in [6.07, 6.45) is 3.90. The molecule has 5 aliphatic rings. The van der Waals surface area contributed by atoms with Crippen LogP contribution in [0.25, 0.3) is 11.3 Å². The van der Waals surface area contributed by atoms with E-state index in [1.54, 1.807) is 38.1 Å². The number of anilines is 1. The van der Waals surface area contributed by atoms with E-state index < -0.39 is 29.3 Å². The topological polar surface area (TPSA) is 178 Å². The zero-order valence-electron chi connectivity index (χ0n) is 35.9. The Bertz CT molecular complexity index is 2290. The van der Waals surface area contributed by atoms with Gasteiger partial charge in [-0.15, -0.1) is 0 Å². The van der Waals surface area contributed by atoms with Crippen molar-refractivity contribution in [2.75, 3.05) is 51.2 Å². The second kappa shape index (κ2) is 19.2. The van der Waals surface area contributed by atoms with Crippen molar-refractivity contribution < 1.29 is 42.2 Å². The summed E-state index contributed by atoms with van der Waals surface area (Å²) in [7, 11) is 0. The molecule has 0 saturated carbocycles. The van der Waals surface area contributed by atoms with Crippen LogP contribution in [0, 0.1) is 17.8 Å². The maximum atomic E-state index is 13.9. The molecule has 5 aliphatic heterocycles. The van der Waals surface area contributed by atoms with Crippen LogP contribution in [-0.2, 0) is 38.4 Å². The van der Waals surface area contributed by atoms with Crippen molar-refractivity contribution in [3.05, 3.63) is 59.0 Å². The number of alkyl halides is 3. The van der Waals surface area contributed by atoms with Crippen LogP contribution in [0.3, 0.4) is 0 Å². The molecule has 4 amide bonds. The van der Waals surface area contributed by atoms with Gasteiger partial charge in [0.1, 0.15) is 18.2 Å². The predicted octanol–water partition coefficient (Wildman–Crippen LogP) is 4.10. The number of likely N-dealkylation sites (tertiary alicyclic amines) is 1. The van der Waals surface area contributed by atoms with E-state index in [2.05, 4.69) is 46.2 Å². The fourth-order valence-corrected chi connectivity index (χ4v) is 10.0. The Morgan fingerprint density at radius 1 is 0.984 bits per heavy atom. The van der Waals surface area contributed by atoms with Crippen LogP contribution in [-0.4, -0.2) is 137 Å². The van der Waals surface area contributed by atoms with Gasteiger partial charge in [0.05, 0.1) is 30.1 Å². The summed E-state index contributed by atoms with van der Waals surface area (Å²) in [6.45, 7) is 8.14. The van der Waals surface area contributed by atoms with Gasteiger partial charge in [0.2, 0.25) is 23.7 Å². The largest absolute Gasteiger partial charge is 0.419 e. The number of aliphatic hydroxyl groups is 1. The molecule has 342 valence electrons. The molecular weight excluding hydrogens is 854 g/mol. The van der Waals surface area contributed by atoms with Crippen LogP contribution in [0.15, 0.2) is 36.8 Å². The van der Waals surface area contributed by atoms with Gasteiger partial charge in [0, 0.05) is 105 Å². The lowest BCUT2D eigenvalue weighted by molar-refractivity contribution is -0.139. The number of carbonyl (C=O) groups excluding carboxylic acids is 4. The van der Waals surface area contributed by atoms with Gasteiger partial charge in [-0.05, 0) is 76.5 Å². The van der Waals surface area contributed by atoms with Crippen LogP contribution >= 0.6 is 12.1 Å². The lowest BCUT2D eigenvalue weighted by Gasteiger charge is -2.39. The number of fused-ring (bicyclic) bond motifs is 1. The van der Waals surface area contributed by atoms with Crippen LogP contribution < -0.4 is 10.6 Å². The maximum Gasteiger partial charge on any atom is 0.419 e. The van der Waals surface area contributed by atoms with Crippen LogP contribution in [0.5, 0.6) is 0 Å². The van der Waals surface area contributed by atoms with Gasteiger partial charge in [-0.3, -0.25) is 29.2 Å². The highest BCUT2D eigenvalue weighted by Gasteiger charge is 2.40. The summed E-state index contributed by atoms with van der Waals surface area (Å²) in [4.78, 5) is 62.5. The van der Waals surface area contributed by atoms with Crippen molar-refractivity contribution in [1.29, 1.82) is 0 Å². The third-order valence-electron chi connectivity index (χ3n) is 12.3. The molecule has 1 atom stereocenters. The molecule has 64 heavy (non-hydrogen) atoms. The first-order valence-corrected chi connectivity index (χ1v) is 22.6. The quantitative estimate of drug-likeness (QED) is 0.143. The number of hydrogen-bond donors (Lipinski definition) is 3. The first-order valence-electron chi connectivity index (χ1n) is 21.9. The van der Waals surface area contributed by atoms with Crippen molar-refractivity contribution in [3.63, 3.8) is 0 Å². The Labute approximate surface area is 373 Å².